The maximum Gasteiger partial charge on any atom is 0.257 e. The lowest BCUT2D eigenvalue weighted by atomic mass is 10.2. The fourth-order valence-electron chi connectivity index (χ4n) is 2.92. The highest BCUT2D eigenvalue weighted by molar-refractivity contribution is 9.10. The lowest BCUT2D eigenvalue weighted by molar-refractivity contribution is 0.102. The number of aryl methyl sites for hydroxylation is 1. The highest BCUT2D eigenvalue weighted by atomic mass is 79.9. The van der Waals surface area contributed by atoms with Gasteiger partial charge < -0.3 is 14.6 Å². The summed E-state index contributed by atoms with van der Waals surface area (Å²) in [5.74, 6) is 0.485. The molecule has 0 radical (unpaired) electrons. The average Bonchev–Trinajstić information content (AvgIpc) is 2.91. The van der Waals surface area contributed by atoms with Gasteiger partial charge in [0.25, 0.3) is 5.91 Å². The summed E-state index contributed by atoms with van der Waals surface area (Å²) >= 11 is 3.45. The Labute approximate surface area is 155 Å². The first-order valence-corrected chi connectivity index (χ1v) is 8.70. The summed E-state index contributed by atoms with van der Waals surface area (Å²) in [6, 6.07) is 17.3. The molecule has 3 aromatic rings. The zero-order chi connectivity index (χ0) is 18.0. The molecule has 25 heavy (non-hydrogen) atoms. The Kier molecular flexibility index (Phi) is 4.95. The zero-order valence-electron chi connectivity index (χ0n) is 14.3. The Morgan fingerprint density at radius 2 is 1.76 bits per heavy atom. The molecule has 3 rings (SSSR count). The third-order valence-corrected chi connectivity index (χ3v) is 4.64. The Balaban J connectivity index is 1.94. The molecule has 2 aromatic carbocycles. The number of methoxy groups -OCH3 is 1. The van der Waals surface area contributed by atoms with Crippen LogP contribution < -0.4 is 10.1 Å². The number of nitrogens with one attached hydrogen (secondary N) is 1. The Bertz CT molecular complexity index is 914. The van der Waals surface area contributed by atoms with Crippen molar-refractivity contribution in [3.8, 4) is 11.4 Å². The first-order chi connectivity index (χ1) is 12.0. The van der Waals surface area contributed by atoms with Crippen molar-refractivity contribution in [3.63, 3.8) is 0 Å². The molecule has 0 aliphatic rings. The Morgan fingerprint density at radius 3 is 2.44 bits per heavy atom. The molecule has 1 N–H and O–H groups in total. The van der Waals surface area contributed by atoms with Crippen molar-refractivity contribution in [2.45, 2.75) is 13.8 Å². The van der Waals surface area contributed by atoms with Gasteiger partial charge in [0.05, 0.1) is 18.4 Å². The first-order valence-electron chi connectivity index (χ1n) is 7.90. The highest BCUT2D eigenvalue weighted by Crippen LogP contribution is 2.26. The molecule has 1 amide bonds. The van der Waals surface area contributed by atoms with Gasteiger partial charge in [-0.05, 0) is 56.3 Å². The van der Waals surface area contributed by atoms with Crippen LogP contribution in [0, 0.1) is 13.8 Å². The molecule has 4 nitrogen and oxygen atoms in total. The minimum Gasteiger partial charge on any atom is -0.495 e. The first kappa shape index (κ1) is 17.3. The van der Waals surface area contributed by atoms with E-state index in [9.17, 15) is 4.79 Å². The summed E-state index contributed by atoms with van der Waals surface area (Å²) in [7, 11) is 1.59. The summed E-state index contributed by atoms with van der Waals surface area (Å²) < 4.78 is 8.39. The largest absolute Gasteiger partial charge is 0.495 e. The van der Waals surface area contributed by atoms with E-state index in [1.165, 1.54) is 0 Å². The van der Waals surface area contributed by atoms with E-state index >= 15 is 0 Å². The van der Waals surface area contributed by atoms with E-state index in [-0.39, 0.29) is 5.91 Å². The molecule has 0 saturated carbocycles. The van der Waals surface area contributed by atoms with E-state index in [0.717, 1.165) is 21.5 Å². The zero-order valence-corrected chi connectivity index (χ0v) is 15.9. The average molecular weight is 399 g/mol. The molecule has 128 valence electrons. The standard InChI is InChI=1S/C20H19BrN2O2/c1-13-12-17(14(2)23(13)16-10-8-15(21)9-11-16)20(24)22-18-6-4-5-7-19(18)25-3/h4-12H,1-3H3,(H,22,24). The Hall–Kier alpha value is -2.53. The van der Waals surface area contributed by atoms with E-state index in [4.69, 9.17) is 4.74 Å². The van der Waals surface area contributed by atoms with Crippen LogP contribution in [-0.2, 0) is 0 Å². The highest BCUT2D eigenvalue weighted by Gasteiger charge is 2.17. The van der Waals surface area contributed by atoms with Gasteiger partial charge in [0.1, 0.15) is 5.75 Å². The van der Waals surface area contributed by atoms with Gasteiger partial charge in [0.2, 0.25) is 0 Å². The van der Waals surface area contributed by atoms with Crippen molar-refractivity contribution in [2.24, 2.45) is 0 Å². The minimum atomic E-state index is -0.152. The fourth-order valence-corrected chi connectivity index (χ4v) is 3.18. The summed E-state index contributed by atoms with van der Waals surface area (Å²) in [6.45, 7) is 3.95. The van der Waals surface area contributed by atoms with Gasteiger partial charge in [-0.1, -0.05) is 28.1 Å². The normalized spacial score (nSPS) is 10.6. The number of ether oxygens (including phenoxy) is 1. The predicted octanol–water partition coefficient (Wildman–Crippen LogP) is 5.12. The molecule has 0 fully saturated rings. The number of halogens is 1. The molecule has 0 aliphatic heterocycles. The van der Waals surface area contributed by atoms with Gasteiger partial charge in [-0.25, -0.2) is 0 Å². The van der Waals surface area contributed by atoms with Gasteiger partial charge in [-0.3, -0.25) is 4.79 Å². The SMILES string of the molecule is COc1ccccc1NC(=O)c1cc(C)n(-c2ccc(Br)cc2)c1C. The number of carbonyl (C=O) groups excluding carboxylic acids is 1. The van der Waals surface area contributed by atoms with Gasteiger partial charge in [0, 0.05) is 21.5 Å². The number of hydrogen-bond donors (Lipinski definition) is 1. The molecule has 0 atom stereocenters. The second kappa shape index (κ2) is 7.15. The van der Waals surface area contributed by atoms with Crippen LogP contribution in [0.15, 0.2) is 59.1 Å². The number of carbonyl (C=O) groups is 1. The van der Waals surface area contributed by atoms with Crippen LogP contribution in [-0.4, -0.2) is 17.6 Å². The lowest BCUT2D eigenvalue weighted by Gasteiger charge is -2.11. The number of para-hydroxylation sites is 2. The van der Waals surface area contributed by atoms with Crippen LogP contribution in [0.3, 0.4) is 0 Å². The quantitative estimate of drug-likeness (QED) is 0.662. The topological polar surface area (TPSA) is 43.3 Å². The van der Waals surface area contributed by atoms with Crippen LogP contribution in [0.4, 0.5) is 5.69 Å². The van der Waals surface area contributed by atoms with Crippen molar-refractivity contribution < 1.29 is 9.53 Å². The predicted molar refractivity (Wildman–Crippen MR) is 104 cm³/mol. The molecule has 1 aromatic heterocycles. The van der Waals surface area contributed by atoms with Crippen LogP contribution in [0.25, 0.3) is 5.69 Å². The van der Waals surface area contributed by atoms with Crippen LogP contribution >= 0.6 is 15.9 Å². The number of amides is 1. The summed E-state index contributed by atoms with van der Waals surface area (Å²) in [4.78, 5) is 12.8. The van der Waals surface area contributed by atoms with Gasteiger partial charge in [0.15, 0.2) is 0 Å². The fraction of sp³-hybridized carbons (Fsp3) is 0.150. The van der Waals surface area contributed by atoms with Gasteiger partial charge in [-0.15, -0.1) is 0 Å². The molecular weight excluding hydrogens is 380 g/mol. The number of rotatable bonds is 4. The molecular formula is C20H19BrN2O2. The molecule has 0 bridgehead atoms. The molecule has 5 heteroatoms. The molecule has 0 unspecified atom stereocenters. The number of anilines is 1. The van der Waals surface area contributed by atoms with Crippen molar-refractivity contribution in [2.75, 3.05) is 12.4 Å². The van der Waals surface area contributed by atoms with E-state index in [1.807, 2.05) is 68.4 Å². The van der Waals surface area contributed by atoms with Crippen LogP contribution in [0.5, 0.6) is 5.75 Å². The monoisotopic (exact) mass is 398 g/mol. The van der Waals surface area contributed by atoms with Crippen molar-refractivity contribution in [1.29, 1.82) is 0 Å². The number of aromatic nitrogens is 1. The summed E-state index contributed by atoms with van der Waals surface area (Å²) in [6.07, 6.45) is 0. The lowest BCUT2D eigenvalue weighted by Crippen LogP contribution is -2.13. The van der Waals surface area contributed by atoms with E-state index < -0.39 is 0 Å². The van der Waals surface area contributed by atoms with E-state index in [1.54, 1.807) is 7.11 Å². The number of benzene rings is 2. The third kappa shape index (κ3) is 3.46. The van der Waals surface area contributed by atoms with E-state index in [0.29, 0.717) is 17.0 Å². The minimum absolute atomic E-state index is 0.152. The second-order valence-corrected chi connectivity index (χ2v) is 6.67. The third-order valence-electron chi connectivity index (χ3n) is 4.12. The maximum atomic E-state index is 12.8. The Morgan fingerprint density at radius 1 is 1.08 bits per heavy atom. The van der Waals surface area contributed by atoms with Crippen molar-refractivity contribution in [3.05, 3.63) is 76.0 Å². The van der Waals surface area contributed by atoms with Crippen molar-refractivity contribution in [1.82, 2.24) is 4.57 Å². The van der Waals surface area contributed by atoms with Gasteiger partial charge >= 0.3 is 0 Å². The molecule has 1 heterocycles. The molecule has 0 aliphatic carbocycles. The van der Waals surface area contributed by atoms with Crippen LogP contribution in [0.2, 0.25) is 0 Å². The number of nitrogens with zero attached hydrogens (tertiary/aromatic N) is 1. The number of hydrogen-bond acceptors (Lipinski definition) is 2. The van der Waals surface area contributed by atoms with Crippen LogP contribution in [0.1, 0.15) is 21.7 Å². The summed E-state index contributed by atoms with van der Waals surface area (Å²) in [5, 5.41) is 2.93. The summed E-state index contributed by atoms with van der Waals surface area (Å²) in [5.41, 5.74) is 4.22. The molecule has 0 saturated heterocycles. The smallest absolute Gasteiger partial charge is 0.257 e. The van der Waals surface area contributed by atoms with Gasteiger partial charge in [-0.2, -0.15) is 0 Å². The maximum absolute atomic E-state index is 12.8. The molecule has 0 spiro atoms. The second-order valence-electron chi connectivity index (χ2n) is 5.75. The van der Waals surface area contributed by atoms with E-state index in [2.05, 4.69) is 25.8 Å². The van der Waals surface area contributed by atoms with Crippen molar-refractivity contribution >= 4 is 27.5 Å².